The van der Waals surface area contributed by atoms with Crippen molar-refractivity contribution >= 4 is 11.6 Å². The molecular weight excluding hydrogens is 258 g/mol. The Morgan fingerprint density at radius 2 is 2.17 bits per heavy atom. The molecule has 0 heterocycles. The van der Waals surface area contributed by atoms with Gasteiger partial charge in [0.1, 0.15) is 0 Å². The summed E-state index contributed by atoms with van der Waals surface area (Å²) in [6, 6.07) is 6.09. The molecule has 2 nitrogen and oxygen atoms in total. The molecule has 1 saturated carbocycles. The third-order valence-electron chi connectivity index (χ3n) is 2.80. The van der Waals surface area contributed by atoms with E-state index in [4.69, 9.17) is 11.6 Å². The molecule has 2 rings (SSSR count). The fourth-order valence-electron chi connectivity index (χ4n) is 1.67. The van der Waals surface area contributed by atoms with Gasteiger partial charge in [-0.1, -0.05) is 36.6 Å². The molecule has 1 N–H and O–H groups in total. The van der Waals surface area contributed by atoms with Gasteiger partial charge in [0.15, 0.2) is 0 Å². The number of halogens is 3. The molecule has 1 aromatic rings. The van der Waals surface area contributed by atoms with E-state index in [2.05, 4.69) is 10.6 Å². The Hall–Kier alpha value is -0.710. The van der Waals surface area contributed by atoms with Crippen molar-refractivity contribution in [3.8, 4) is 0 Å². The Labute approximate surface area is 111 Å². The summed E-state index contributed by atoms with van der Waals surface area (Å²) in [6.45, 7) is 0.758. The van der Waals surface area contributed by atoms with Gasteiger partial charge in [-0.15, -0.1) is 12.6 Å². The van der Waals surface area contributed by atoms with Crippen molar-refractivity contribution in [2.45, 2.75) is 38.4 Å². The van der Waals surface area contributed by atoms with Gasteiger partial charge in [0.25, 0.3) is 6.43 Å². The fourth-order valence-corrected chi connectivity index (χ4v) is 1.85. The minimum Gasteiger partial charge on any atom is -0.656 e. The zero-order valence-corrected chi connectivity index (χ0v) is 10.8. The van der Waals surface area contributed by atoms with Gasteiger partial charge >= 0.3 is 0 Å². The van der Waals surface area contributed by atoms with E-state index < -0.39 is 6.43 Å². The van der Waals surface area contributed by atoms with Crippen LogP contribution in [0.1, 0.15) is 24.0 Å². The number of nitrogens with zero attached hydrogens (tertiary/aromatic N) is 1. The van der Waals surface area contributed by atoms with Gasteiger partial charge in [0, 0.05) is 11.6 Å². The summed E-state index contributed by atoms with van der Waals surface area (Å²) in [6.07, 6.45) is 0.0298. The minimum atomic E-state index is -2.32. The number of hydrogen-bond acceptors (Lipinski definition) is 1. The zero-order chi connectivity index (χ0) is 13.0. The maximum absolute atomic E-state index is 12.0. The highest BCUT2D eigenvalue weighted by atomic mass is 35.5. The van der Waals surface area contributed by atoms with Crippen molar-refractivity contribution in [2.24, 2.45) is 0 Å². The van der Waals surface area contributed by atoms with Crippen molar-refractivity contribution in [3.05, 3.63) is 39.7 Å². The lowest BCUT2D eigenvalue weighted by atomic mass is 10.1. The molecule has 0 unspecified atom stereocenters. The SMILES string of the molecule is FC(F)CNCc1ccc(Cl)c(C[N-]C2CC2)c1. The van der Waals surface area contributed by atoms with Crippen molar-refractivity contribution in [1.29, 1.82) is 0 Å². The highest BCUT2D eigenvalue weighted by Gasteiger charge is 2.10. The predicted molar refractivity (Wildman–Crippen MR) is 69.2 cm³/mol. The fraction of sp³-hybridized carbons (Fsp3) is 0.538. The molecular formula is C13H16ClF2N2-. The Kier molecular flexibility index (Phi) is 4.92. The number of hydrogen-bond donors (Lipinski definition) is 1. The summed E-state index contributed by atoms with van der Waals surface area (Å²) in [5.74, 6) is 0. The molecule has 0 aliphatic heterocycles. The molecule has 1 aliphatic rings. The quantitative estimate of drug-likeness (QED) is 0.805. The van der Waals surface area contributed by atoms with E-state index in [0.717, 1.165) is 11.1 Å². The van der Waals surface area contributed by atoms with Crippen LogP contribution in [0.2, 0.25) is 5.02 Å². The monoisotopic (exact) mass is 273 g/mol. The van der Waals surface area contributed by atoms with Gasteiger partial charge in [0.2, 0.25) is 0 Å². The Bertz CT molecular complexity index is 395. The lowest BCUT2D eigenvalue weighted by molar-refractivity contribution is 0.145. The average molecular weight is 274 g/mol. The molecule has 0 aromatic heterocycles. The van der Waals surface area contributed by atoms with E-state index in [-0.39, 0.29) is 6.54 Å². The van der Waals surface area contributed by atoms with Crippen LogP contribution in [0.3, 0.4) is 0 Å². The first-order valence-electron chi connectivity index (χ1n) is 6.08. The normalized spacial score (nSPS) is 15.3. The average Bonchev–Trinajstić information content (AvgIpc) is 3.13. The van der Waals surface area contributed by atoms with Gasteiger partial charge in [-0.3, -0.25) is 0 Å². The molecule has 1 aliphatic carbocycles. The van der Waals surface area contributed by atoms with Gasteiger partial charge in [-0.2, -0.15) is 0 Å². The summed E-state index contributed by atoms with van der Waals surface area (Å²) in [7, 11) is 0. The van der Waals surface area contributed by atoms with Gasteiger partial charge in [0.05, 0.1) is 6.54 Å². The summed E-state index contributed by atoms with van der Waals surface area (Å²) >= 11 is 6.08. The number of rotatable bonds is 7. The van der Waals surface area contributed by atoms with Gasteiger partial charge < -0.3 is 10.6 Å². The highest BCUT2D eigenvalue weighted by Crippen LogP contribution is 2.31. The Morgan fingerprint density at radius 3 is 2.83 bits per heavy atom. The van der Waals surface area contributed by atoms with Crippen LogP contribution in [0.15, 0.2) is 18.2 Å². The minimum absolute atomic E-state index is 0.287. The summed E-state index contributed by atoms with van der Waals surface area (Å²) in [4.78, 5) is 0. The van der Waals surface area contributed by atoms with Crippen LogP contribution in [0.4, 0.5) is 8.78 Å². The smallest absolute Gasteiger partial charge is 0.250 e. The molecule has 0 atom stereocenters. The molecule has 100 valence electrons. The molecule has 0 saturated heterocycles. The van der Waals surface area contributed by atoms with Crippen molar-refractivity contribution in [3.63, 3.8) is 0 Å². The molecule has 0 amide bonds. The predicted octanol–water partition coefficient (Wildman–Crippen LogP) is 3.73. The lowest BCUT2D eigenvalue weighted by Gasteiger charge is -2.19. The zero-order valence-electron chi connectivity index (χ0n) is 10.0. The van der Waals surface area contributed by atoms with Crippen LogP contribution >= 0.6 is 11.6 Å². The molecule has 18 heavy (non-hydrogen) atoms. The molecule has 0 radical (unpaired) electrons. The second-order valence-corrected chi connectivity index (χ2v) is 4.93. The van der Waals surface area contributed by atoms with Gasteiger partial charge in [-0.05, 0) is 17.2 Å². The van der Waals surface area contributed by atoms with Crippen LogP contribution in [0, 0.1) is 0 Å². The van der Waals surface area contributed by atoms with Crippen LogP contribution in [0.5, 0.6) is 0 Å². The lowest BCUT2D eigenvalue weighted by Crippen LogP contribution is -2.20. The summed E-state index contributed by atoms with van der Waals surface area (Å²) < 4.78 is 24.0. The van der Waals surface area contributed by atoms with E-state index in [9.17, 15) is 8.78 Å². The number of nitrogens with one attached hydrogen (secondary N) is 1. The van der Waals surface area contributed by atoms with Crippen molar-refractivity contribution in [2.75, 3.05) is 6.54 Å². The standard InChI is InChI=1S/C13H16ClF2N2/c14-12-4-1-9(6-17-8-13(15)16)5-10(12)7-18-11-2-3-11/h1,4-5,11,13,17H,2-3,6-8H2/q-1. The first kappa shape index (κ1) is 13.7. The van der Waals surface area contributed by atoms with Crippen LogP contribution in [-0.2, 0) is 13.1 Å². The number of alkyl halides is 2. The molecule has 1 aromatic carbocycles. The second kappa shape index (κ2) is 6.45. The second-order valence-electron chi connectivity index (χ2n) is 4.52. The van der Waals surface area contributed by atoms with E-state index in [1.165, 1.54) is 12.8 Å². The Balaban J connectivity index is 1.87. The van der Waals surface area contributed by atoms with Crippen LogP contribution in [0.25, 0.3) is 5.32 Å². The van der Waals surface area contributed by atoms with Gasteiger partial charge in [-0.25, -0.2) is 8.78 Å². The van der Waals surface area contributed by atoms with Crippen LogP contribution < -0.4 is 5.32 Å². The highest BCUT2D eigenvalue weighted by molar-refractivity contribution is 6.31. The van der Waals surface area contributed by atoms with Crippen LogP contribution in [-0.4, -0.2) is 19.0 Å². The molecule has 1 fully saturated rings. The van der Waals surface area contributed by atoms with Crippen molar-refractivity contribution < 1.29 is 8.78 Å². The van der Waals surface area contributed by atoms with E-state index in [1.807, 2.05) is 12.1 Å². The Morgan fingerprint density at radius 1 is 1.39 bits per heavy atom. The first-order valence-corrected chi connectivity index (χ1v) is 6.45. The third kappa shape index (κ3) is 4.52. The summed E-state index contributed by atoms with van der Waals surface area (Å²) in [5, 5.41) is 7.88. The largest absolute Gasteiger partial charge is 0.656 e. The maximum atomic E-state index is 12.0. The number of benzene rings is 1. The third-order valence-corrected chi connectivity index (χ3v) is 3.17. The van der Waals surface area contributed by atoms with E-state index >= 15 is 0 Å². The molecule has 0 spiro atoms. The molecule has 5 heteroatoms. The van der Waals surface area contributed by atoms with Crippen molar-refractivity contribution in [1.82, 2.24) is 5.32 Å². The first-order chi connectivity index (χ1) is 8.65. The molecule has 0 bridgehead atoms. The summed E-state index contributed by atoms with van der Waals surface area (Å²) in [5.41, 5.74) is 1.93. The van der Waals surface area contributed by atoms with E-state index in [1.54, 1.807) is 6.07 Å². The van der Waals surface area contributed by atoms with E-state index in [0.29, 0.717) is 24.2 Å². The maximum Gasteiger partial charge on any atom is 0.250 e. The topological polar surface area (TPSA) is 26.1 Å².